The summed E-state index contributed by atoms with van der Waals surface area (Å²) >= 11 is 1.51. The maximum absolute atomic E-state index is 12.0. The number of carbonyl (C=O) groups is 2. The normalized spacial score (nSPS) is 10.2. The highest BCUT2D eigenvalue weighted by Gasteiger charge is 2.06. The van der Waals surface area contributed by atoms with Crippen LogP contribution in [-0.2, 0) is 14.3 Å². The molecule has 0 aliphatic carbocycles. The lowest BCUT2D eigenvalue weighted by atomic mass is 10.2. The summed E-state index contributed by atoms with van der Waals surface area (Å²) in [6.07, 6.45) is 0. The molecule has 0 fully saturated rings. The number of ether oxygens (including phenoxy) is 1. The van der Waals surface area contributed by atoms with Crippen LogP contribution in [0.4, 0.5) is 11.4 Å². The predicted molar refractivity (Wildman–Crippen MR) is 97.5 cm³/mol. The Bertz CT molecular complexity index is 702. The number of hydrogen-bond acceptors (Lipinski definition) is 4. The Balaban J connectivity index is 1.83. The summed E-state index contributed by atoms with van der Waals surface area (Å²) in [6.45, 7) is 2.03. The number of rotatable bonds is 7. The maximum atomic E-state index is 12.0. The predicted octanol–water partition coefficient (Wildman–Crippen LogP) is 3.31. The Kier molecular flexibility index (Phi) is 6.84. The zero-order chi connectivity index (χ0) is 17.4. The third kappa shape index (κ3) is 5.72. The van der Waals surface area contributed by atoms with E-state index < -0.39 is 0 Å². The first-order valence-corrected chi connectivity index (χ1v) is 8.44. The van der Waals surface area contributed by atoms with E-state index in [0.717, 1.165) is 10.5 Å². The maximum Gasteiger partial charge on any atom is 0.250 e. The van der Waals surface area contributed by atoms with Crippen LogP contribution in [0.2, 0.25) is 0 Å². The van der Waals surface area contributed by atoms with Crippen molar-refractivity contribution >= 4 is 35.0 Å². The molecule has 24 heavy (non-hydrogen) atoms. The fourth-order valence-electron chi connectivity index (χ4n) is 2.02. The topological polar surface area (TPSA) is 67.4 Å². The van der Waals surface area contributed by atoms with Gasteiger partial charge in [-0.2, -0.15) is 0 Å². The molecule has 0 heterocycles. The second kappa shape index (κ2) is 9.10. The largest absolute Gasteiger partial charge is 0.375 e. The molecule has 2 N–H and O–H groups in total. The van der Waals surface area contributed by atoms with E-state index in [9.17, 15) is 9.59 Å². The van der Waals surface area contributed by atoms with E-state index >= 15 is 0 Å². The summed E-state index contributed by atoms with van der Waals surface area (Å²) < 4.78 is 4.75. The third-order valence-electron chi connectivity index (χ3n) is 3.18. The Hall–Kier alpha value is -2.31. The first-order chi connectivity index (χ1) is 11.6. The zero-order valence-electron chi connectivity index (χ0n) is 13.7. The van der Waals surface area contributed by atoms with Gasteiger partial charge in [-0.3, -0.25) is 9.59 Å². The number of aryl methyl sites for hydroxylation is 1. The number of nitrogens with one attached hydrogen (secondary N) is 2. The average molecular weight is 344 g/mol. The number of hydrogen-bond donors (Lipinski definition) is 2. The SMILES string of the molecule is COCC(=O)Nc1ccc(NC(=O)CSc2ccccc2C)cc1. The van der Waals surface area contributed by atoms with Crippen molar-refractivity contribution < 1.29 is 14.3 Å². The Labute approximate surface area is 145 Å². The summed E-state index contributed by atoms with van der Waals surface area (Å²) in [5, 5.41) is 5.54. The van der Waals surface area contributed by atoms with Crippen LogP contribution < -0.4 is 10.6 Å². The summed E-state index contributed by atoms with van der Waals surface area (Å²) in [5.41, 5.74) is 2.51. The van der Waals surface area contributed by atoms with E-state index in [-0.39, 0.29) is 18.4 Å². The van der Waals surface area contributed by atoms with Gasteiger partial charge in [0.25, 0.3) is 0 Å². The number of benzene rings is 2. The molecule has 126 valence electrons. The van der Waals surface area contributed by atoms with Gasteiger partial charge in [0, 0.05) is 23.4 Å². The molecule has 0 bridgehead atoms. The van der Waals surface area contributed by atoms with Gasteiger partial charge in [-0.25, -0.2) is 0 Å². The third-order valence-corrected chi connectivity index (χ3v) is 4.36. The number of amides is 2. The molecule has 0 radical (unpaired) electrons. The van der Waals surface area contributed by atoms with Crippen LogP contribution in [-0.4, -0.2) is 31.3 Å². The molecule has 0 atom stereocenters. The molecule has 0 saturated carbocycles. The molecule has 5 nitrogen and oxygen atoms in total. The molecular weight excluding hydrogens is 324 g/mol. The van der Waals surface area contributed by atoms with E-state index in [0.29, 0.717) is 17.1 Å². The van der Waals surface area contributed by atoms with Crippen LogP contribution in [0.25, 0.3) is 0 Å². The molecule has 2 amide bonds. The molecule has 0 saturated heterocycles. The van der Waals surface area contributed by atoms with Gasteiger partial charge < -0.3 is 15.4 Å². The van der Waals surface area contributed by atoms with Crippen molar-refractivity contribution in [2.24, 2.45) is 0 Å². The van der Waals surface area contributed by atoms with Crippen molar-refractivity contribution in [2.45, 2.75) is 11.8 Å². The van der Waals surface area contributed by atoms with E-state index in [1.54, 1.807) is 24.3 Å². The molecule has 0 unspecified atom stereocenters. The van der Waals surface area contributed by atoms with E-state index in [2.05, 4.69) is 10.6 Å². The van der Waals surface area contributed by atoms with E-state index in [1.807, 2.05) is 31.2 Å². The highest BCUT2D eigenvalue weighted by molar-refractivity contribution is 8.00. The average Bonchev–Trinajstić information content (AvgIpc) is 2.56. The molecule has 0 spiro atoms. The molecule has 0 aliphatic rings. The molecule has 0 aromatic heterocycles. The van der Waals surface area contributed by atoms with Crippen molar-refractivity contribution in [1.29, 1.82) is 0 Å². The second-order valence-corrected chi connectivity index (χ2v) is 6.18. The van der Waals surface area contributed by atoms with Crippen molar-refractivity contribution in [2.75, 3.05) is 30.1 Å². The van der Waals surface area contributed by atoms with Crippen molar-refractivity contribution in [3.63, 3.8) is 0 Å². The number of anilines is 2. The lowest BCUT2D eigenvalue weighted by Gasteiger charge is -2.08. The lowest BCUT2D eigenvalue weighted by molar-refractivity contribution is -0.119. The summed E-state index contributed by atoms with van der Waals surface area (Å²) in [7, 11) is 1.47. The van der Waals surface area contributed by atoms with E-state index in [1.165, 1.54) is 18.9 Å². The van der Waals surface area contributed by atoms with E-state index in [4.69, 9.17) is 4.74 Å². The van der Waals surface area contributed by atoms with Crippen LogP contribution >= 0.6 is 11.8 Å². The molecule has 0 aliphatic heterocycles. The highest BCUT2D eigenvalue weighted by atomic mass is 32.2. The van der Waals surface area contributed by atoms with Crippen molar-refractivity contribution in [3.05, 3.63) is 54.1 Å². The summed E-state index contributed by atoms with van der Waals surface area (Å²) in [6, 6.07) is 14.9. The number of carbonyl (C=O) groups excluding carboxylic acids is 2. The van der Waals surface area contributed by atoms with Gasteiger partial charge in [0.15, 0.2) is 0 Å². The first-order valence-electron chi connectivity index (χ1n) is 7.45. The summed E-state index contributed by atoms with van der Waals surface area (Å²) in [5.74, 6) is 0.0558. The summed E-state index contributed by atoms with van der Waals surface area (Å²) in [4.78, 5) is 24.5. The monoisotopic (exact) mass is 344 g/mol. The molecular formula is C18H20N2O3S. The standard InChI is InChI=1S/C18H20N2O3S/c1-13-5-3-4-6-16(13)24-12-18(22)20-15-9-7-14(8-10-15)19-17(21)11-23-2/h3-10H,11-12H2,1-2H3,(H,19,21)(H,20,22). The Morgan fingerprint density at radius 2 is 1.54 bits per heavy atom. The number of thioether (sulfide) groups is 1. The van der Waals surface area contributed by atoms with Crippen LogP contribution in [0.3, 0.4) is 0 Å². The molecule has 2 aromatic rings. The fourth-order valence-corrected chi connectivity index (χ4v) is 2.85. The molecule has 2 rings (SSSR count). The minimum Gasteiger partial charge on any atom is -0.375 e. The first kappa shape index (κ1) is 18.0. The Morgan fingerprint density at radius 1 is 0.958 bits per heavy atom. The van der Waals surface area contributed by atoms with Gasteiger partial charge in [0.05, 0.1) is 5.75 Å². The van der Waals surface area contributed by atoms with Crippen LogP contribution in [0.1, 0.15) is 5.56 Å². The molecule has 2 aromatic carbocycles. The van der Waals surface area contributed by atoms with Gasteiger partial charge in [0.2, 0.25) is 11.8 Å². The Morgan fingerprint density at radius 3 is 2.12 bits per heavy atom. The van der Waals surface area contributed by atoms with Gasteiger partial charge in [-0.05, 0) is 42.8 Å². The lowest BCUT2D eigenvalue weighted by Crippen LogP contribution is -2.17. The minimum absolute atomic E-state index is 0.00854. The second-order valence-electron chi connectivity index (χ2n) is 5.16. The minimum atomic E-state index is -0.219. The van der Waals surface area contributed by atoms with Gasteiger partial charge in [-0.1, -0.05) is 18.2 Å². The fraction of sp³-hybridized carbons (Fsp3) is 0.222. The zero-order valence-corrected chi connectivity index (χ0v) is 14.5. The number of methoxy groups -OCH3 is 1. The smallest absolute Gasteiger partial charge is 0.250 e. The van der Waals surface area contributed by atoms with Gasteiger partial charge in [0.1, 0.15) is 6.61 Å². The van der Waals surface area contributed by atoms with Crippen molar-refractivity contribution in [1.82, 2.24) is 0 Å². The van der Waals surface area contributed by atoms with Gasteiger partial charge >= 0.3 is 0 Å². The van der Waals surface area contributed by atoms with Crippen LogP contribution in [0.5, 0.6) is 0 Å². The van der Waals surface area contributed by atoms with Crippen LogP contribution in [0.15, 0.2) is 53.4 Å². The van der Waals surface area contributed by atoms with Crippen LogP contribution in [0, 0.1) is 6.92 Å². The quantitative estimate of drug-likeness (QED) is 0.756. The molecule has 6 heteroatoms. The van der Waals surface area contributed by atoms with Gasteiger partial charge in [-0.15, -0.1) is 11.8 Å². The highest BCUT2D eigenvalue weighted by Crippen LogP contribution is 2.22. The van der Waals surface area contributed by atoms with Crippen molar-refractivity contribution in [3.8, 4) is 0 Å².